The fraction of sp³-hybridized carbons (Fsp3) is 0.400. The molecule has 1 aromatic carbocycles. The predicted octanol–water partition coefficient (Wildman–Crippen LogP) is 0.570. The molecule has 1 atom stereocenters. The predicted molar refractivity (Wildman–Crippen MR) is 75.7 cm³/mol. The van der Waals surface area contributed by atoms with E-state index in [0.717, 1.165) is 19.5 Å². The van der Waals surface area contributed by atoms with E-state index in [9.17, 15) is 9.18 Å². The molecule has 0 aliphatic carbocycles. The van der Waals surface area contributed by atoms with Crippen molar-refractivity contribution in [2.24, 2.45) is 5.73 Å². The van der Waals surface area contributed by atoms with E-state index >= 15 is 0 Å². The highest BCUT2D eigenvalue weighted by Crippen LogP contribution is 2.11. The molecule has 1 aliphatic rings. The number of hydrogen-bond acceptors (Lipinski definition) is 3. The van der Waals surface area contributed by atoms with Gasteiger partial charge in [0.15, 0.2) is 0 Å². The Kier molecular flexibility index (Phi) is 4.72. The fourth-order valence-corrected chi connectivity index (χ4v) is 2.23. The molecular weight excluding hydrogens is 257 g/mol. The summed E-state index contributed by atoms with van der Waals surface area (Å²) in [7, 11) is 2.01. The maximum Gasteiger partial charge on any atom is 0.251 e. The Labute approximate surface area is 118 Å². The van der Waals surface area contributed by atoms with Gasteiger partial charge in [0.25, 0.3) is 5.91 Å². The van der Waals surface area contributed by atoms with Crippen LogP contribution in [-0.2, 0) is 0 Å². The quantitative estimate of drug-likeness (QED) is 0.776. The van der Waals surface area contributed by atoms with Crippen LogP contribution in [0.5, 0.6) is 0 Å². The van der Waals surface area contributed by atoms with Crippen molar-refractivity contribution in [1.82, 2.24) is 10.2 Å². The average molecular weight is 275 g/mol. The molecule has 1 aromatic rings. The number of rotatable bonds is 2. The number of amides is 1. The Morgan fingerprint density at radius 2 is 2.40 bits per heavy atom. The third kappa shape index (κ3) is 3.56. The number of nitrogens with zero attached hydrogens (tertiary/aromatic N) is 1. The number of halogens is 1. The molecule has 1 fully saturated rings. The Hall–Kier alpha value is -1.90. The molecule has 1 aliphatic heterocycles. The highest BCUT2D eigenvalue weighted by molar-refractivity contribution is 5.94. The SMILES string of the molecule is CN1CCC(NC(=O)c2ccc(C#CCN)c(F)c2)C1. The van der Waals surface area contributed by atoms with Crippen molar-refractivity contribution in [2.75, 3.05) is 26.7 Å². The number of nitrogens with two attached hydrogens (primary N) is 1. The first-order chi connectivity index (χ1) is 9.60. The van der Waals surface area contributed by atoms with Crippen molar-refractivity contribution in [3.05, 3.63) is 35.1 Å². The van der Waals surface area contributed by atoms with Crippen LogP contribution in [0.1, 0.15) is 22.3 Å². The topological polar surface area (TPSA) is 58.4 Å². The molecule has 0 aromatic heterocycles. The van der Waals surface area contributed by atoms with Gasteiger partial charge in [-0.15, -0.1) is 0 Å². The maximum absolute atomic E-state index is 13.8. The summed E-state index contributed by atoms with van der Waals surface area (Å²) in [5, 5.41) is 2.91. The van der Waals surface area contributed by atoms with E-state index in [4.69, 9.17) is 5.73 Å². The molecule has 1 heterocycles. The Bertz CT molecular complexity index is 562. The lowest BCUT2D eigenvalue weighted by atomic mass is 10.1. The molecule has 5 heteroatoms. The lowest BCUT2D eigenvalue weighted by molar-refractivity contribution is 0.0938. The van der Waals surface area contributed by atoms with E-state index in [1.807, 2.05) is 7.05 Å². The third-order valence-electron chi connectivity index (χ3n) is 3.28. The van der Waals surface area contributed by atoms with E-state index in [2.05, 4.69) is 22.1 Å². The highest BCUT2D eigenvalue weighted by Gasteiger charge is 2.21. The second-order valence-corrected chi connectivity index (χ2v) is 4.92. The van der Waals surface area contributed by atoms with Crippen LogP contribution in [0.2, 0.25) is 0 Å². The van der Waals surface area contributed by atoms with E-state index < -0.39 is 5.82 Å². The Morgan fingerprint density at radius 1 is 1.60 bits per heavy atom. The van der Waals surface area contributed by atoms with Crippen LogP contribution in [0.25, 0.3) is 0 Å². The van der Waals surface area contributed by atoms with Crippen LogP contribution < -0.4 is 11.1 Å². The van der Waals surface area contributed by atoms with Crippen molar-refractivity contribution in [1.29, 1.82) is 0 Å². The molecule has 106 valence electrons. The van der Waals surface area contributed by atoms with Crippen LogP contribution in [0.3, 0.4) is 0 Å². The van der Waals surface area contributed by atoms with Crippen molar-refractivity contribution in [3.63, 3.8) is 0 Å². The molecule has 1 saturated heterocycles. The summed E-state index contributed by atoms with van der Waals surface area (Å²) in [6.07, 6.45) is 0.921. The van der Waals surface area contributed by atoms with E-state index in [-0.39, 0.29) is 24.1 Å². The van der Waals surface area contributed by atoms with Crippen molar-refractivity contribution in [3.8, 4) is 11.8 Å². The van der Waals surface area contributed by atoms with Gasteiger partial charge in [0, 0.05) is 18.2 Å². The van der Waals surface area contributed by atoms with Gasteiger partial charge >= 0.3 is 0 Å². The highest BCUT2D eigenvalue weighted by atomic mass is 19.1. The number of nitrogens with one attached hydrogen (secondary N) is 1. The molecule has 3 N–H and O–H groups in total. The lowest BCUT2D eigenvalue weighted by Gasteiger charge is -2.13. The fourth-order valence-electron chi connectivity index (χ4n) is 2.23. The molecule has 1 amide bonds. The second-order valence-electron chi connectivity index (χ2n) is 4.92. The van der Waals surface area contributed by atoms with Gasteiger partial charge in [0.2, 0.25) is 0 Å². The molecule has 0 spiro atoms. The first-order valence-corrected chi connectivity index (χ1v) is 6.58. The number of carbonyl (C=O) groups is 1. The third-order valence-corrected chi connectivity index (χ3v) is 3.28. The largest absolute Gasteiger partial charge is 0.348 e. The zero-order valence-electron chi connectivity index (χ0n) is 11.4. The van der Waals surface area contributed by atoms with Crippen LogP contribution >= 0.6 is 0 Å². The average Bonchev–Trinajstić information content (AvgIpc) is 2.82. The van der Waals surface area contributed by atoms with Crippen LogP contribution in [-0.4, -0.2) is 43.5 Å². The molecule has 2 rings (SSSR count). The van der Waals surface area contributed by atoms with Gasteiger partial charge < -0.3 is 16.0 Å². The minimum atomic E-state index is -0.498. The summed E-state index contributed by atoms with van der Waals surface area (Å²) in [6.45, 7) is 1.97. The smallest absolute Gasteiger partial charge is 0.251 e. The van der Waals surface area contributed by atoms with Crippen molar-refractivity contribution in [2.45, 2.75) is 12.5 Å². The normalized spacial score (nSPS) is 18.4. The summed E-state index contributed by atoms with van der Waals surface area (Å²) in [6, 6.07) is 4.44. The second kappa shape index (κ2) is 6.51. The van der Waals surface area contributed by atoms with Crippen LogP contribution in [0.15, 0.2) is 18.2 Å². The number of benzene rings is 1. The van der Waals surface area contributed by atoms with Gasteiger partial charge in [-0.05, 0) is 38.2 Å². The molecule has 0 bridgehead atoms. The molecule has 4 nitrogen and oxygen atoms in total. The Morgan fingerprint density at radius 3 is 3.00 bits per heavy atom. The van der Waals surface area contributed by atoms with Gasteiger partial charge in [0.1, 0.15) is 5.82 Å². The minimum Gasteiger partial charge on any atom is -0.348 e. The summed E-state index contributed by atoms with van der Waals surface area (Å²) < 4.78 is 13.8. The number of likely N-dealkylation sites (N-methyl/N-ethyl adjacent to an activating group) is 1. The van der Waals surface area contributed by atoms with Gasteiger partial charge in [-0.2, -0.15) is 0 Å². The summed E-state index contributed by atoms with van der Waals surface area (Å²) in [5.74, 6) is 4.47. The Balaban J connectivity index is 2.05. The van der Waals surface area contributed by atoms with Gasteiger partial charge in [-0.3, -0.25) is 4.79 Å². The molecule has 1 unspecified atom stereocenters. The number of hydrogen-bond donors (Lipinski definition) is 2. The maximum atomic E-state index is 13.8. The standard InChI is InChI=1S/C15H18FN3O/c1-19-8-6-13(10-19)18-15(20)12-5-4-11(3-2-7-17)14(16)9-12/h4-5,9,13H,6-8,10,17H2,1H3,(H,18,20). The molecule has 20 heavy (non-hydrogen) atoms. The lowest BCUT2D eigenvalue weighted by Crippen LogP contribution is -2.36. The van der Waals surface area contributed by atoms with Crippen LogP contribution in [0, 0.1) is 17.7 Å². The summed E-state index contributed by atoms with van der Waals surface area (Å²) >= 11 is 0. The molecule has 0 saturated carbocycles. The van der Waals surface area contributed by atoms with Crippen LogP contribution in [0.4, 0.5) is 4.39 Å². The zero-order chi connectivity index (χ0) is 14.5. The zero-order valence-corrected chi connectivity index (χ0v) is 11.4. The number of likely N-dealkylation sites (tertiary alicyclic amines) is 1. The first kappa shape index (κ1) is 14.5. The first-order valence-electron chi connectivity index (χ1n) is 6.58. The molecular formula is C15H18FN3O. The van der Waals surface area contributed by atoms with Gasteiger partial charge in [0.05, 0.1) is 12.1 Å². The minimum absolute atomic E-state index is 0.132. The van der Waals surface area contributed by atoms with Gasteiger partial charge in [-0.1, -0.05) is 11.8 Å². The number of carbonyl (C=O) groups excluding carboxylic acids is 1. The molecule has 0 radical (unpaired) electrons. The van der Waals surface area contributed by atoms with Crippen molar-refractivity contribution >= 4 is 5.91 Å². The van der Waals surface area contributed by atoms with E-state index in [0.29, 0.717) is 5.56 Å². The summed E-state index contributed by atoms with van der Waals surface area (Å²) in [4.78, 5) is 14.2. The van der Waals surface area contributed by atoms with E-state index in [1.54, 1.807) is 6.07 Å². The van der Waals surface area contributed by atoms with Gasteiger partial charge in [-0.25, -0.2) is 4.39 Å². The monoisotopic (exact) mass is 275 g/mol. The summed E-state index contributed by atoms with van der Waals surface area (Å²) in [5.41, 5.74) is 5.82. The van der Waals surface area contributed by atoms with Crippen molar-refractivity contribution < 1.29 is 9.18 Å². The van der Waals surface area contributed by atoms with E-state index in [1.165, 1.54) is 12.1 Å².